The minimum Gasteiger partial charge on any atom is -0.478 e. The van der Waals surface area contributed by atoms with Crippen LogP contribution in [0.5, 0.6) is 0 Å². The molecule has 35 heavy (non-hydrogen) atoms. The quantitative estimate of drug-likeness (QED) is 0.417. The number of alkyl carbamates (subject to hydrolysis) is 1. The molecular weight excluding hydrogens is 468 g/mol. The molecule has 0 radical (unpaired) electrons. The van der Waals surface area contributed by atoms with Crippen LogP contribution < -0.4 is 10.6 Å². The number of rotatable bonds is 7. The molecule has 1 saturated carbocycles. The first kappa shape index (κ1) is 22.9. The van der Waals surface area contributed by atoms with Gasteiger partial charge in [0.05, 0.1) is 16.3 Å². The van der Waals surface area contributed by atoms with Crippen molar-refractivity contribution in [2.75, 3.05) is 11.9 Å². The average molecular weight is 491 g/mol. The van der Waals surface area contributed by atoms with Gasteiger partial charge in [0, 0.05) is 5.92 Å². The minimum absolute atomic E-state index is 0.00262. The summed E-state index contributed by atoms with van der Waals surface area (Å²) in [6.07, 6.45) is 0.916. The van der Waals surface area contributed by atoms with Gasteiger partial charge in [0.25, 0.3) is 0 Å². The van der Waals surface area contributed by atoms with E-state index in [0.717, 1.165) is 35.1 Å². The van der Waals surface area contributed by atoms with E-state index in [0.29, 0.717) is 0 Å². The number of anilines is 1. The predicted octanol–water partition coefficient (Wildman–Crippen LogP) is 5.29. The number of ether oxygens (including phenoxy) is 1. The van der Waals surface area contributed by atoms with Crippen molar-refractivity contribution < 1.29 is 24.2 Å². The first-order valence-electron chi connectivity index (χ1n) is 11.4. The highest BCUT2D eigenvalue weighted by Crippen LogP contribution is 2.44. The van der Waals surface area contributed by atoms with Gasteiger partial charge in [-0.2, -0.15) is 0 Å². The van der Waals surface area contributed by atoms with Crippen LogP contribution in [0.3, 0.4) is 0 Å². The summed E-state index contributed by atoms with van der Waals surface area (Å²) in [5.74, 6) is -1.70. The van der Waals surface area contributed by atoms with Crippen LogP contribution >= 0.6 is 11.6 Å². The van der Waals surface area contributed by atoms with Gasteiger partial charge in [-0.25, -0.2) is 9.59 Å². The summed E-state index contributed by atoms with van der Waals surface area (Å²) < 4.78 is 5.59. The zero-order chi connectivity index (χ0) is 24.5. The third-order valence-corrected chi connectivity index (χ3v) is 6.79. The van der Waals surface area contributed by atoms with Gasteiger partial charge >= 0.3 is 12.1 Å². The van der Waals surface area contributed by atoms with Crippen LogP contribution in [0.2, 0.25) is 5.02 Å². The fourth-order valence-corrected chi connectivity index (χ4v) is 4.72. The van der Waals surface area contributed by atoms with E-state index in [1.807, 2.05) is 36.4 Å². The molecule has 2 aliphatic rings. The number of benzene rings is 3. The van der Waals surface area contributed by atoms with Gasteiger partial charge in [-0.15, -0.1) is 0 Å². The Bertz CT molecular complexity index is 1270. The number of carboxylic acids is 1. The first-order chi connectivity index (χ1) is 16.9. The maximum absolute atomic E-state index is 13.0. The second-order valence-corrected chi connectivity index (χ2v) is 9.18. The van der Waals surface area contributed by atoms with E-state index in [9.17, 15) is 19.5 Å². The van der Waals surface area contributed by atoms with E-state index in [4.69, 9.17) is 16.3 Å². The molecule has 0 aromatic heterocycles. The zero-order valence-corrected chi connectivity index (χ0v) is 19.4. The van der Waals surface area contributed by atoms with Crippen molar-refractivity contribution in [3.05, 3.63) is 88.4 Å². The molecule has 2 aliphatic carbocycles. The van der Waals surface area contributed by atoms with Gasteiger partial charge in [-0.1, -0.05) is 60.1 Å². The van der Waals surface area contributed by atoms with Gasteiger partial charge < -0.3 is 20.5 Å². The van der Waals surface area contributed by atoms with Gasteiger partial charge in [0.1, 0.15) is 12.6 Å². The SMILES string of the molecule is O=C(NC(C(=O)Nc1cc(C(=O)O)ccc1Cl)C1CC1)OCC1c2ccccc2-c2ccccc21. The van der Waals surface area contributed by atoms with E-state index in [2.05, 4.69) is 22.8 Å². The molecule has 0 spiro atoms. The molecule has 3 aromatic rings. The largest absolute Gasteiger partial charge is 0.478 e. The standard InChI is InChI=1S/C27H23ClN2O5/c28-22-12-11-16(26(32)33)13-23(22)29-25(31)24(15-9-10-15)30-27(34)35-14-21-19-7-3-1-5-17(19)18-6-2-4-8-20(18)21/h1-8,11-13,15,21,24H,9-10,14H2,(H,29,31)(H,30,34)(H,32,33). The smallest absolute Gasteiger partial charge is 0.407 e. The molecule has 178 valence electrons. The van der Waals surface area contributed by atoms with Crippen LogP contribution in [0.25, 0.3) is 11.1 Å². The molecule has 2 amide bonds. The summed E-state index contributed by atoms with van der Waals surface area (Å²) in [4.78, 5) is 36.9. The Labute approximate surface area is 207 Å². The summed E-state index contributed by atoms with van der Waals surface area (Å²) in [6.45, 7) is 0.144. The van der Waals surface area contributed by atoms with Crippen molar-refractivity contribution in [1.82, 2.24) is 5.32 Å². The third kappa shape index (κ3) is 4.72. The number of fused-ring (bicyclic) bond motifs is 3. The fraction of sp³-hybridized carbons (Fsp3) is 0.222. The Hall–Kier alpha value is -3.84. The summed E-state index contributed by atoms with van der Waals surface area (Å²) >= 11 is 6.14. The Morgan fingerprint density at radius 3 is 2.20 bits per heavy atom. The monoisotopic (exact) mass is 490 g/mol. The number of hydrogen-bond acceptors (Lipinski definition) is 4. The van der Waals surface area contributed by atoms with Crippen molar-refractivity contribution in [2.45, 2.75) is 24.8 Å². The van der Waals surface area contributed by atoms with E-state index in [-0.39, 0.29) is 34.7 Å². The van der Waals surface area contributed by atoms with Crippen LogP contribution in [0.1, 0.15) is 40.2 Å². The van der Waals surface area contributed by atoms with Crippen LogP contribution in [-0.4, -0.2) is 35.7 Å². The van der Waals surface area contributed by atoms with E-state index >= 15 is 0 Å². The number of halogens is 1. The Morgan fingerprint density at radius 2 is 1.60 bits per heavy atom. The van der Waals surface area contributed by atoms with Crippen molar-refractivity contribution in [3.8, 4) is 11.1 Å². The maximum atomic E-state index is 13.0. The molecule has 5 rings (SSSR count). The Morgan fingerprint density at radius 1 is 0.971 bits per heavy atom. The highest BCUT2D eigenvalue weighted by atomic mass is 35.5. The number of carboxylic acid groups (broad SMARTS) is 1. The number of amides is 2. The summed E-state index contributed by atoms with van der Waals surface area (Å²) in [7, 11) is 0. The lowest BCUT2D eigenvalue weighted by Gasteiger charge is -2.20. The molecule has 7 nitrogen and oxygen atoms in total. The summed E-state index contributed by atoms with van der Waals surface area (Å²) in [5.41, 5.74) is 4.64. The average Bonchev–Trinajstić information content (AvgIpc) is 3.65. The second kappa shape index (κ2) is 9.43. The molecule has 1 unspecified atom stereocenters. The molecule has 0 heterocycles. The predicted molar refractivity (Wildman–Crippen MR) is 132 cm³/mol. The lowest BCUT2D eigenvalue weighted by molar-refractivity contribution is -0.118. The number of aromatic carboxylic acids is 1. The van der Waals surface area contributed by atoms with Crippen molar-refractivity contribution >= 4 is 35.3 Å². The first-order valence-corrected chi connectivity index (χ1v) is 11.8. The number of nitrogens with one attached hydrogen (secondary N) is 2. The molecule has 3 N–H and O–H groups in total. The zero-order valence-electron chi connectivity index (χ0n) is 18.7. The molecule has 0 saturated heterocycles. The molecule has 1 atom stereocenters. The Balaban J connectivity index is 1.26. The van der Waals surface area contributed by atoms with Crippen LogP contribution in [0, 0.1) is 5.92 Å². The normalized spacial score (nSPS) is 15.0. The maximum Gasteiger partial charge on any atom is 0.407 e. The highest BCUT2D eigenvalue weighted by Gasteiger charge is 2.38. The molecule has 8 heteroatoms. The number of carbonyl (C=O) groups is 3. The van der Waals surface area contributed by atoms with Crippen molar-refractivity contribution in [3.63, 3.8) is 0 Å². The molecule has 3 aromatic carbocycles. The summed E-state index contributed by atoms with van der Waals surface area (Å²) in [6, 6.07) is 19.4. The molecule has 0 aliphatic heterocycles. The molecular formula is C27H23ClN2O5. The number of hydrogen-bond donors (Lipinski definition) is 3. The van der Waals surface area contributed by atoms with Crippen LogP contribution in [0.4, 0.5) is 10.5 Å². The Kier molecular flexibility index (Phi) is 6.17. The second-order valence-electron chi connectivity index (χ2n) is 8.77. The van der Waals surface area contributed by atoms with Crippen molar-refractivity contribution in [2.24, 2.45) is 5.92 Å². The van der Waals surface area contributed by atoms with Gasteiger partial charge in [-0.3, -0.25) is 4.79 Å². The van der Waals surface area contributed by atoms with Crippen LogP contribution in [0.15, 0.2) is 66.7 Å². The lowest BCUT2D eigenvalue weighted by atomic mass is 9.98. The van der Waals surface area contributed by atoms with Gasteiger partial charge in [0.15, 0.2) is 0 Å². The van der Waals surface area contributed by atoms with E-state index in [1.165, 1.54) is 18.2 Å². The van der Waals surface area contributed by atoms with Gasteiger partial charge in [0.2, 0.25) is 5.91 Å². The van der Waals surface area contributed by atoms with E-state index in [1.54, 1.807) is 0 Å². The minimum atomic E-state index is -1.13. The highest BCUT2D eigenvalue weighted by molar-refractivity contribution is 6.34. The molecule has 0 bridgehead atoms. The lowest BCUT2D eigenvalue weighted by Crippen LogP contribution is -2.45. The van der Waals surface area contributed by atoms with E-state index < -0.39 is 24.0 Å². The van der Waals surface area contributed by atoms with Crippen LogP contribution in [-0.2, 0) is 9.53 Å². The molecule has 1 fully saturated rings. The fourth-order valence-electron chi connectivity index (χ4n) is 4.56. The van der Waals surface area contributed by atoms with Gasteiger partial charge in [-0.05, 0) is 59.2 Å². The summed E-state index contributed by atoms with van der Waals surface area (Å²) in [5, 5.41) is 14.8. The topological polar surface area (TPSA) is 105 Å². The van der Waals surface area contributed by atoms with Crippen molar-refractivity contribution in [1.29, 1.82) is 0 Å². The number of carbonyl (C=O) groups excluding carboxylic acids is 2. The third-order valence-electron chi connectivity index (χ3n) is 6.46.